The average Bonchev–Trinajstić information content (AvgIpc) is 3.49. The van der Waals surface area contributed by atoms with E-state index in [-0.39, 0.29) is 19.6 Å². The number of benzene rings is 8. The van der Waals surface area contributed by atoms with Crippen LogP contribution in [0.3, 0.4) is 0 Å². The fourth-order valence-corrected chi connectivity index (χ4v) is 8.82. The lowest BCUT2D eigenvalue weighted by atomic mass is 10.1. The zero-order chi connectivity index (χ0) is 53.1. The van der Waals surface area contributed by atoms with Crippen molar-refractivity contribution in [3.05, 3.63) is 299 Å². The van der Waals surface area contributed by atoms with Crippen LogP contribution < -0.4 is 37.6 Å². The average molecular weight is 1030 g/mol. The highest BCUT2D eigenvalue weighted by molar-refractivity contribution is 5.70. The molecule has 0 saturated carbocycles. The quantitative estimate of drug-likeness (QED) is 0.0565. The lowest BCUT2D eigenvalue weighted by Gasteiger charge is -2.15. The van der Waals surface area contributed by atoms with Crippen molar-refractivity contribution in [1.29, 1.82) is 0 Å². The van der Waals surface area contributed by atoms with Gasteiger partial charge < -0.3 is 33.5 Å². The second kappa shape index (κ2) is 26.2. The largest absolute Gasteiger partial charge is 0.489 e. The summed E-state index contributed by atoms with van der Waals surface area (Å²) in [4.78, 5) is 11.1. The van der Waals surface area contributed by atoms with Crippen molar-refractivity contribution >= 4 is 5.97 Å². The van der Waals surface area contributed by atoms with Crippen LogP contribution in [0.5, 0.6) is 34.5 Å². The van der Waals surface area contributed by atoms with Crippen LogP contribution in [0, 0.1) is 0 Å². The molecule has 0 aliphatic rings. The van der Waals surface area contributed by atoms with E-state index in [0.29, 0.717) is 74.0 Å². The summed E-state index contributed by atoms with van der Waals surface area (Å²) in [6, 6.07) is 74.4. The van der Waals surface area contributed by atoms with E-state index in [2.05, 4.69) is 70.3 Å². The van der Waals surface area contributed by atoms with Crippen LogP contribution >= 0.6 is 0 Å². The molecule has 10 rings (SSSR count). The predicted octanol–water partition coefficient (Wildman–Crippen LogP) is 13.1. The Morgan fingerprint density at radius 3 is 0.872 bits per heavy atom. The van der Waals surface area contributed by atoms with Gasteiger partial charge in [0.2, 0.25) is 0 Å². The number of ether oxygens (including phenoxy) is 6. The molecule has 0 aliphatic carbocycles. The van der Waals surface area contributed by atoms with Gasteiger partial charge in [0.15, 0.2) is 37.9 Å². The monoisotopic (exact) mass is 1030 g/mol. The van der Waals surface area contributed by atoms with Gasteiger partial charge in [0, 0.05) is 53.6 Å². The van der Waals surface area contributed by atoms with Crippen LogP contribution in [-0.4, -0.2) is 11.1 Å². The summed E-state index contributed by atoms with van der Waals surface area (Å²) >= 11 is 0. The van der Waals surface area contributed by atoms with Gasteiger partial charge in [-0.25, -0.2) is 9.13 Å². The van der Waals surface area contributed by atoms with E-state index < -0.39 is 5.97 Å². The molecule has 8 aromatic carbocycles. The van der Waals surface area contributed by atoms with Crippen LogP contribution in [0.4, 0.5) is 0 Å². The van der Waals surface area contributed by atoms with E-state index in [0.717, 1.165) is 61.2 Å². The molecular weight excluding hydrogens is 973 g/mol. The predicted molar refractivity (Wildman–Crippen MR) is 299 cm³/mol. The van der Waals surface area contributed by atoms with Crippen LogP contribution in [0.2, 0.25) is 0 Å². The highest BCUT2D eigenvalue weighted by Crippen LogP contribution is 2.31. The Labute approximate surface area is 455 Å². The lowest BCUT2D eigenvalue weighted by Crippen LogP contribution is -2.33. The Bertz CT molecular complexity index is 3210. The summed E-state index contributed by atoms with van der Waals surface area (Å²) in [5.41, 5.74) is 11.1. The Hall–Kier alpha value is -9.67. The third-order valence-corrected chi connectivity index (χ3v) is 12.8. The van der Waals surface area contributed by atoms with Crippen molar-refractivity contribution in [2.75, 3.05) is 0 Å². The first-order valence-corrected chi connectivity index (χ1v) is 26.0. The van der Waals surface area contributed by atoms with Crippen LogP contribution in [0.15, 0.2) is 249 Å². The number of carboxylic acids is 1. The van der Waals surface area contributed by atoms with E-state index in [9.17, 15) is 4.79 Å². The number of aromatic nitrogens is 2. The summed E-state index contributed by atoms with van der Waals surface area (Å²) in [6.45, 7) is 3.36. The summed E-state index contributed by atoms with van der Waals surface area (Å²) in [5.74, 6) is 3.17. The smallest absolute Gasteiger partial charge is 0.307 e. The standard InChI is InChI=1S/C68H59N2O8/c71-68(72)39-51-21-23-52(24-22-51)43-69-29-25-60(26-30-69)61-27-31-70(32-28-61)44-57-33-62(77-49-58-35-64(73-45-53-13-5-1-6-14-53)41-65(36-58)74-46-54-15-7-2-8-16-54)40-63(34-57)78-50-59-37-66(75-47-55-17-9-3-10-18-55)42-67(38-59)76-48-56-19-11-4-12-20-56/h1-38,40-42H,39,43-50H2/q+1/p+1. The van der Waals surface area contributed by atoms with Crippen molar-refractivity contribution in [2.45, 2.75) is 59.2 Å². The number of carbonyl (C=O) groups is 1. The van der Waals surface area contributed by atoms with Gasteiger partial charge in [0.1, 0.15) is 74.1 Å². The van der Waals surface area contributed by atoms with Crippen molar-refractivity contribution in [3.63, 3.8) is 0 Å². The molecule has 0 unspecified atom stereocenters. The fourth-order valence-electron chi connectivity index (χ4n) is 8.82. The van der Waals surface area contributed by atoms with Gasteiger partial charge in [0.25, 0.3) is 0 Å². The molecule has 0 amide bonds. The summed E-state index contributed by atoms with van der Waals surface area (Å²) in [5, 5.41) is 9.13. The van der Waals surface area contributed by atoms with Gasteiger partial charge in [-0.05, 0) is 86.5 Å². The number of hydrogen-bond donors (Lipinski definition) is 1. The van der Waals surface area contributed by atoms with Crippen molar-refractivity contribution in [2.24, 2.45) is 0 Å². The topological polar surface area (TPSA) is 100 Å². The number of hydrogen-bond acceptors (Lipinski definition) is 7. The Morgan fingerprint density at radius 2 is 0.564 bits per heavy atom. The molecule has 0 radical (unpaired) electrons. The minimum Gasteiger partial charge on any atom is -0.489 e. The summed E-state index contributed by atoms with van der Waals surface area (Å²) in [7, 11) is 0. The van der Waals surface area contributed by atoms with Crippen LogP contribution in [0.25, 0.3) is 11.1 Å². The molecule has 0 saturated heterocycles. The Kier molecular flexibility index (Phi) is 17.4. The molecular formula is C68H60N2O8+2. The molecule has 388 valence electrons. The summed E-state index contributed by atoms with van der Waals surface area (Å²) in [6.07, 6.45) is 8.31. The molecule has 10 nitrogen and oxygen atoms in total. The van der Waals surface area contributed by atoms with Crippen LogP contribution in [0.1, 0.15) is 50.1 Å². The Morgan fingerprint density at radius 1 is 0.295 bits per heavy atom. The summed E-state index contributed by atoms with van der Waals surface area (Å²) < 4.78 is 42.9. The van der Waals surface area contributed by atoms with E-state index >= 15 is 0 Å². The lowest BCUT2D eigenvalue weighted by molar-refractivity contribution is -0.688. The zero-order valence-electron chi connectivity index (χ0n) is 43.2. The van der Waals surface area contributed by atoms with Crippen LogP contribution in [-0.2, 0) is 63.9 Å². The highest BCUT2D eigenvalue weighted by atomic mass is 16.5. The van der Waals surface area contributed by atoms with Crippen molar-refractivity contribution in [3.8, 4) is 45.6 Å². The van der Waals surface area contributed by atoms with Crippen molar-refractivity contribution < 1.29 is 47.5 Å². The van der Waals surface area contributed by atoms with E-state index in [4.69, 9.17) is 33.5 Å². The normalized spacial score (nSPS) is 10.9. The number of nitrogens with zero attached hydrogens (tertiary/aromatic N) is 2. The zero-order valence-corrected chi connectivity index (χ0v) is 43.2. The molecule has 0 spiro atoms. The molecule has 2 aromatic heterocycles. The first-order chi connectivity index (χ1) is 38.3. The molecule has 0 fully saturated rings. The maximum Gasteiger partial charge on any atom is 0.307 e. The SMILES string of the molecule is O=C(O)Cc1ccc(C[n+]2ccc(-c3cc[n+](Cc4cc(OCc5cc(OCc6ccccc6)cc(OCc6ccccc6)c5)cc(OCc5cc(OCc6ccccc6)cc(OCc6ccccc6)c5)c4)cc3)cc2)cc1. The molecule has 1 N–H and O–H groups in total. The Balaban J connectivity index is 0.883. The van der Waals surface area contributed by atoms with E-state index in [1.54, 1.807) is 0 Å². The molecule has 10 aromatic rings. The number of pyridine rings is 2. The molecule has 0 aliphatic heterocycles. The first-order valence-electron chi connectivity index (χ1n) is 26.0. The fraction of sp³-hybridized carbons (Fsp3) is 0.132. The van der Waals surface area contributed by atoms with Crippen molar-refractivity contribution in [1.82, 2.24) is 0 Å². The third-order valence-electron chi connectivity index (χ3n) is 12.8. The second-order valence-corrected chi connectivity index (χ2v) is 19.0. The van der Waals surface area contributed by atoms with Gasteiger partial charge in [-0.15, -0.1) is 0 Å². The maximum atomic E-state index is 11.1. The molecule has 0 atom stereocenters. The maximum absolute atomic E-state index is 11.1. The van der Waals surface area contributed by atoms with Gasteiger partial charge in [-0.2, -0.15) is 0 Å². The van der Waals surface area contributed by atoms with E-state index in [1.165, 1.54) is 0 Å². The molecule has 10 heteroatoms. The van der Waals surface area contributed by atoms with Gasteiger partial charge >= 0.3 is 5.97 Å². The molecule has 0 bridgehead atoms. The number of carboxylic acid groups (broad SMARTS) is 1. The number of rotatable bonds is 25. The minimum absolute atomic E-state index is 0.0153. The van der Waals surface area contributed by atoms with Gasteiger partial charge in [-0.3, -0.25) is 4.79 Å². The van der Waals surface area contributed by atoms with E-state index in [1.807, 2.05) is 188 Å². The number of aliphatic carboxylic acids is 1. The van der Waals surface area contributed by atoms with Gasteiger partial charge in [0.05, 0.1) is 6.42 Å². The van der Waals surface area contributed by atoms with Gasteiger partial charge in [-0.1, -0.05) is 146 Å². The minimum atomic E-state index is -0.835. The third kappa shape index (κ3) is 15.7. The highest BCUT2D eigenvalue weighted by Gasteiger charge is 2.14. The second-order valence-electron chi connectivity index (χ2n) is 19.0. The molecule has 78 heavy (non-hydrogen) atoms. The molecule has 2 heterocycles. The first kappa shape index (κ1) is 51.8.